The Morgan fingerprint density at radius 1 is 0.640 bits per heavy atom. The molecule has 0 saturated carbocycles. The maximum absolute atomic E-state index is 11.6. The maximum Gasteiger partial charge on any atom is 0.336 e. The number of carboxylic acids is 2. The van der Waals surface area contributed by atoms with Crippen molar-refractivity contribution in [1.29, 1.82) is 0 Å². The Balaban J connectivity index is 2.33. The third-order valence-corrected chi connectivity index (χ3v) is 4.07. The highest BCUT2D eigenvalue weighted by molar-refractivity contribution is 6.02. The Labute approximate surface area is 145 Å². The molecule has 3 aromatic carbocycles. The molecule has 4 nitrogen and oxygen atoms in total. The molecule has 0 aromatic heterocycles. The van der Waals surface area contributed by atoms with E-state index < -0.39 is 11.9 Å². The molecule has 0 atom stereocenters. The van der Waals surface area contributed by atoms with E-state index in [1.165, 1.54) is 0 Å². The number of hydrogen-bond donors (Lipinski definition) is 2. The fourth-order valence-electron chi connectivity index (χ4n) is 2.92. The van der Waals surface area contributed by atoms with Crippen LogP contribution in [0.4, 0.5) is 0 Å². The molecular weight excluding hydrogens is 316 g/mol. The molecule has 0 fully saturated rings. The summed E-state index contributed by atoms with van der Waals surface area (Å²) in [6.45, 7) is 1.92. The zero-order chi connectivity index (χ0) is 18.0. The van der Waals surface area contributed by atoms with Gasteiger partial charge in [0.25, 0.3) is 0 Å². The first kappa shape index (κ1) is 16.5. The SMILES string of the molecule is Cc1ccc(-c2ccccc2C(=O)O)c(-c2ccccc2C(=O)O)c1. The van der Waals surface area contributed by atoms with E-state index >= 15 is 0 Å². The van der Waals surface area contributed by atoms with Gasteiger partial charge in [-0.25, -0.2) is 9.59 Å². The minimum atomic E-state index is -1.02. The van der Waals surface area contributed by atoms with E-state index in [9.17, 15) is 19.8 Å². The maximum atomic E-state index is 11.6. The predicted octanol–water partition coefficient (Wildman–Crippen LogP) is 4.73. The molecule has 3 rings (SSSR count). The van der Waals surface area contributed by atoms with E-state index in [0.29, 0.717) is 22.3 Å². The second-order valence-corrected chi connectivity index (χ2v) is 5.75. The van der Waals surface area contributed by atoms with Crippen molar-refractivity contribution >= 4 is 11.9 Å². The van der Waals surface area contributed by atoms with Crippen LogP contribution in [-0.4, -0.2) is 22.2 Å². The van der Waals surface area contributed by atoms with Gasteiger partial charge in [0, 0.05) is 0 Å². The molecule has 2 N–H and O–H groups in total. The van der Waals surface area contributed by atoms with Crippen LogP contribution in [0.5, 0.6) is 0 Å². The molecule has 0 unspecified atom stereocenters. The van der Waals surface area contributed by atoms with Crippen molar-refractivity contribution in [1.82, 2.24) is 0 Å². The van der Waals surface area contributed by atoms with Gasteiger partial charge in [-0.1, -0.05) is 60.2 Å². The molecule has 3 aromatic rings. The number of aryl methyl sites for hydroxylation is 1. The molecule has 0 radical (unpaired) electrons. The summed E-state index contributed by atoms with van der Waals surface area (Å²) in [4.78, 5) is 23.2. The van der Waals surface area contributed by atoms with Gasteiger partial charge in [-0.2, -0.15) is 0 Å². The third kappa shape index (κ3) is 3.15. The lowest BCUT2D eigenvalue weighted by atomic mass is 9.88. The second-order valence-electron chi connectivity index (χ2n) is 5.75. The van der Waals surface area contributed by atoms with Crippen LogP contribution in [0, 0.1) is 6.92 Å². The highest BCUT2D eigenvalue weighted by atomic mass is 16.4. The zero-order valence-corrected chi connectivity index (χ0v) is 13.6. The van der Waals surface area contributed by atoms with Crippen LogP contribution in [-0.2, 0) is 0 Å². The van der Waals surface area contributed by atoms with Crippen LogP contribution in [0.25, 0.3) is 22.3 Å². The van der Waals surface area contributed by atoms with Crippen molar-refractivity contribution in [2.45, 2.75) is 6.92 Å². The van der Waals surface area contributed by atoms with Crippen molar-refractivity contribution in [2.75, 3.05) is 0 Å². The molecular formula is C21H16O4. The number of benzene rings is 3. The Morgan fingerprint density at radius 2 is 1.12 bits per heavy atom. The molecule has 0 aliphatic heterocycles. The lowest BCUT2D eigenvalue weighted by Crippen LogP contribution is -2.02. The summed E-state index contributed by atoms with van der Waals surface area (Å²) >= 11 is 0. The van der Waals surface area contributed by atoms with E-state index in [4.69, 9.17) is 0 Å². The van der Waals surface area contributed by atoms with E-state index in [0.717, 1.165) is 5.56 Å². The van der Waals surface area contributed by atoms with Crippen LogP contribution in [0.3, 0.4) is 0 Å². The highest BCUT2D eigenvalue weighted by Gasteiger charge is 2.18. The predicted molar refractivity (Wildman–Crippen MR) is 96.0 cm³/mol. The minimum Gasteiger partial charge on any atom is -0.478 e. The number of hydrogen-bond acceptors (Lipinski definition) is 2. The lowest BCUT2D eigenvalue weighted by Gasteiger charge is -2.15. The normalized spacial score (nSPS) is 10.4. The highest BCUT2D eigenvalue weighted by Crippen LogP contribution is 2.36. The molecule has 4 heteroatoms. The van der Waals surface area contributed by atoms with Crippen LogP contribution in [0.15, 0.2) is 66.7 Å². The largest absolute Gasteiger partial charge is 0.478 e. The Kier molecular flexibility index (Phi) is 4.35. The quantitative estimate of drug-likeness (QED) is 0.724. The van der Waals surface area contributed by atoms with Gasteiger partial charge in [-0.15, -0.1) is 0 Å². The Hall–Kier alpha value is -3.40. The van der Waals surface area contributed by atoms with Crippen LogP contribution < -0.4 is 0 Å². The monoisotopic (exact) mass is 332 g/mol. The first-order chi connectivity index (χ1) is 12.0. The molecule has 25 heavy (non-hydrogen) atoms. The van der Waals surface area contributed by atoms with E-state index in [2.05, 4.69) is 0 Å². The summed E-state index contributed by atoms with van der Waals surface area (Å²) < 4.78 is 0. The lowest BCUT2D eigenvalue weighted by molar-refractivity contribution is 0.0686. The van der Waals surface area contributed by atoms with Crippen molar-refractivity contribution in [3.05, 3.63) is 83.4 Å². The average molecular weight is 332 g/mol. The molecule has 0 aliphatic rings. The first-order valence-corrected chi connectivity index (χ1v) is 7.75. The summed E-state index contributed by atoms with van der Waals surface area (Å²) in [5.74, 6) is -2.04. The van der Waals surface area contributed by atoms with E-state index in [1.807, 2.05) is 25.1 Å². The summed E-state index contributed by atoms with van der Waals surface area (Å²) in [6.07, 6.45) is 0. The number of carbonyl (C=O) groups is 2. The molecule has 0 spiro atoms. The number of rotatable bonds is 4. The summed E-state index contributed by atoms with van der Waals surface area (Å²) in [6, 6.07) is 19.1. The standard InChI is InChI=1S/C21H16O4/c1-13-10-11-16(14-6-2-4-8-17(14)20(22)23)19(12-13)15-7-3-5-9-18(15)21(24)25/h2-12H,1H3,(H,22,23)(H,24,25). The molecule has 0 amide bonds. The molecule has 0 saturated heterocycles. The molecule has 0 bridgehead atoms. The fraction of sp³-hybridized carbons (Fsp3) is 0.0476. The van der Waals surface area contributed by atoms with Gasteiger partial charge >= 0.3 is 11.9 Å². The average Bonchev–Trinajstić information content (AvgIpc) is 2.61. The minimum absolute atomic E-state index is 0.181. The van der Waals surface area contributed by atoms with Crippen molar-refractivity contribution in [2.24, 2.45) is 0 Å². The van der Waals surface area contributed by atoms with Crippen molar-refractivity contribution < 1.29 is 19.8 Å². The zero-order valence-electron chi connectivity index (χ0n) is 13.6. The smallest absolute Gasteiger partial charge is 0.336 e. The Bertz CT molecular complexity index is 973. The second kappa shape index (κ2) is 6.61. The first-order valence-electron chi connectivity index (χ1n) is 7.75. The molecule has 0 heterocycles. The fourth-order valence-corrected chi connectivity index (χ4v) is 2.92. The Morgan fingerprint density at radius 3 is 1.64 bits per heavy atom. The summed E-state index contributed by atoms with van der Waals surface area (Å²) in [5, 5.41) is 19.0. The summed E-state index contributed by atoms with van der Waals surface area (Å²) in [5.41, 5.74) is 3.84. The number of carboxylic acid groups (broad SMARTS) is 2. The topological polar surface area (TPSA) is 74.6 Å². The van der Waals surface area contributed by atoms with E-state index in [-0.39, 0.29) is 11.1 Å². The molecule has 124 valence electrons. The van der Waals surface area contributed by atoms with Crippen LogP contribution >= 0.6 is 0 Å². The van der Waals surface area contributed by atoms with Gasteiger partial charge in [0.2, 0.25) is 0 Å². The van der Waals surface area contributed by atoms with Crippen molar-refractivity contribution in [3.63, 3.8) is 0 Å². The number of aromatic carboxylic acids is 2. The van der Waals surface area contributed by atoms with Gasteiger partial charge in [0.1, 0.15) is 0 Å². The van der Waals surface area contributed by atoms with Crippen LogP contribution in [0.1, 0.15) is 26.3 Å². The van der Waals surface area contributed by atoms with Gasteiger partial charge in [-0.3, -0.25) is 0 Å². The van der Waals surface area contributed by atoms with Gasteiger partial charge in [0.15, 0.2) is 0 Å². The third-order valence-electron chi connectivity index (χ3n) is 4.07. The van der Waals surface area contributed by atoms with Gasteiger partial charge in [-0.05, 0) is 41.3 Å². The van der Waals surface area contributed by atoms with E-state index in [1.54, 1.807) is 48.5 Å². The van der Waals surface area contributed by atoms with Gasteiger partial charge < -0.3 is 10.2 Å². The summed E-state index contributed by atoms with van der Waals surface area (Å²) in [7, 11) is 0. The van der Waals surface area contributed by atoms with Crippen molar-refractivity contribution in [3.8, 4) is 22.3 Å². The van der Waals surface area contributed by atoms with Crippen LogP contribution in [0.2, 0.25) is 0 Å². The van der Waals surface area contributed by atoms with Gasteiger partial charge in [0.05, 0.1) is 11.1 Å². The molecule has 0 aliphatic carbocycles.